The first kappa shape index (κ1) is 14.7. The molecule has 1 fully saturated rings. The van der Waals surface area contributed by atoms with Crippen LogP contribution in [0.15, 0.2) is 18.2 Å². The number of likely N-dealkylation sites (tertiary alicyclic amines) is 1. The molecule has 1 N–H and O–H groups in total. The third-order valence-electron chi connectivity index (χ3n) is 3.06. The van der Waals surface area contributed by atoms with Crippen molar-refractivity contribution in [1.82, 2.24) is 4.90 Å². The van der Waals surface area contributed by atoms with Crippen LogP contribution in [-0.4, -0.2) is 47.2 Å². The van der Waals surface area contributed by atoms with Crippen molar-refractivity contribution in [3.05, 3.63) is 34.6 Å². The molecule has 5 nitrogen and oxygen atoms in total. The number of nitrogens with zero attached hydrogens (tertiary/aromatic N) is 1. The van der Waals surface area contributed by atoms with Gasteiger partial charge < -0.3 is 14.7 Å². The fraction of sp³-hybridized carbons (Fsp3) is 0.385. The standard InChI is InChI=1S/C13H13ClFNO4/c1-13(20-5-10(17)18)6-16(7-13)12(19)8-3-2-4-9(14)11(8)15/h2-4H,5-7H2,1H3,(H,17,18). The second-order valence-electron chi connectivity index (χ2n) is 4.89. The topological polar surface area (TPSA) is 66.8 Å². The monoisotopic (exact) mass is 301 g/mol. The van der Waals surface area contributed by atoms with Crippen molar-refractivity contribution in [3.8, 4) is 0 Å². The highest BCUT2D eigenvalue weighted by Gasteiger charge is 2.43. The summed E-state index contributed by atoms with van der Waals surface area (Å²) in [4.78, 5) is 23.9. The molecular weight excluding hydrogens is 289 g/mol. The van der Waals surface area contributed by atoms with E-state index in [0.29, 0.717) is 0 Å². The average Bonchev–Trinajstić information content (AvgIpc) is 2.35. The van der Waals surface area contributed by atoms with Gasteiger partial charge in [-0.05, 0) is 19.1 Å². The van der Waals surface area contributed by atoms with Gasteiger partial charge in [-0.15, -0.1) is 0 Å². The highest BCUT2D eigenvalue weighted by atomic mass is 35.5. The Kier molecular flexibility index (Phi) is 3.96. The summed E-state index contributed by atoms with van der Waals surface area (Å²) in [5.41, 5.74) is -0.805. The summed E-state index contributed by atoms with van der Waals surface area (Å²) in [6.45, 7) is 1.70. The summed E-state index contributed by atoms with van der Waals surface area (Å²) in [5, 5.41) is 8.44. The zero-order valence-corrected chi connectivity index (χ0v) is 11.5. The number of carboxylic acid groups (broad SMARTS) is 1. The number of benzene rings is 1. The number of hydrogen-bond donors (Lipinski definition) is 1. The van der Waals surface area contributed by atoms with E-state index >= 15 is 0 Å². The summed E-state index contributed by atoms with van der Waals surface area (Å²) in [6.07, 6.45) is 0. The summed E-state index contributed by atoms with van der Waals surface area (Å²) in [7, 11) is 0. The van der Waals surface area contributed by atoms with Crippen LogP contribution in [0.25, 0.3) is 0 Å². The maximum absolute atomic E-state index is 13.7. The fourth-order valence-electron chi connectivity index (χ4n) is 2.07. The average molecular weight is 302 g/mol. The van der Waals surface area contributed by atoms with Gasteiger partial charge in [-0.2, -0.15) is 0 Å². The second-order valence-corrected chi connectivity index (χ2v) is 5.30. The fourth-order valence-corrected chi connectivity index (χ4v) is 2.25. The Morgan fingerprint density at radius 3 is 2.75 bits per heavy atom. The van der Waals surface area contributed by atoms with Crippen molar-refractivity contribution in [3.63, 3.8) is 0 Å². The quantitative estimate of drug-likeness (QED) is 0.921. The SMILES string of the molecule is CC1(OCC(=O)O)CN(C(=O)c2cccc(Cl)c2F)C1. The first-order chi connectivity index (χ1) is 9.32. The van der Waals surface area contributed by atoms with Crippen LogP contribution in [0.5, 0.6) is 0 Å². The van der Waals surface area contributed by atoms with E-state index < -0.39 is 29.9 Å². The predicted octanol–water partition coefficient (Wildman–Crippen LogP) is 1.79. The van der Waals surface area contributed by atoms with E-state index in [1.54, 1.807) is 6.92 Å². The molecule has 0 saturated carbocycles. The smallest absolute Gasteiger partial charge is 0.329 e. The molecule has 108 valence electrons. The number of halogens is 2. The number of ether oxygens (including phenoxy) is 1. The molecule has 1 saturated heterocycles. The number of carboxylic acids is 1. The lowest BCUT2D eigenvalue weighted by Gasteiger charge is -2.47. The van der Waals surface area contributed by atoms with Crippen LogP contribution in [0.4, 0.5) is 4.39 Å². The third-order valence-corrected chi connectivity index (χ3v) is 3.36. The molecule has 1 aliphatic rings. The van der Waals surface area contributed by atoms with Crippen molar-refractivity contribution in [2.24, 2.45) is 0 Å². The predicted molar refractivity (Wildman–Crippen MR) is 69.3 cm³/mol. The first-order valence-electron chi connectivity index (χ1n) is 5.91. The van der Waals surface area contributed by atoms with Crippen LogP contribution in [0.3, 0.4) is 0 Å². The third kappa shape index (κ3) is 2.91. The number of amides is 1. The van der Waals surface area contributed by atoms with Gasteiger partial charge in [-0.25, -0.2) is 9.18 Å². The lowest BCUT2D eigenvalue weighted by Crippen LogP contribution is -2.63. The first-order valence-corrected chi connectivity index (χ1v) is 6.29. The van der Waals surface area contributed by atoms with Gasteiger partial charge in [-0.3, -0.25) is 4.79 Å². The molecule has 0 atom stereocenters. The molecule has 1 heterocycles. The molecule has 0 spiro atoms. The number of aliphatic carboxylic acids is 1. The summed E-state index contributed by atoms with van der Waals surface area (Å²) >= 11 is 5.63. The Morgan fingerprint density at radius 1 is 1.50 bits per heavy atom. The largest absolute Gasteiger partial charge is 0.480 e. The molecule has 0 aromatic heterocycles. The zero-order chi connectivity index (χ0) is 14.9. The van der Waals surface area contributed by atoms with E-state index in [0.717, 1.165) is 0 Å². The van der Waals surface area contributed by atoms with E-state index in [9.17, 15) is 14.0 Å². The van der Waals surface area contributed by atoms with Crippen molar-refractivity contribution in [2.45, 2.75) is 12.5 Å². The molecule has 0 unspecified atom stereocenters. The molecule has 1 aromatic rings. The number of rotatable bonds is 4. The molecule has 2 rings (SSSR count). The maximum atomic E-state index is 13.7. The van der Waals surface area contributed by atoms with E-state index in [1.807, 2.05) is 0 Å². The lowest BCUT2D eigenvalue weighted by atomic mass is 9.95. The summed E-state index contributed by atoms with van der Waals surface area (Å²) in [6, 6.07) is 4.22. The van der Waals surface area contributed by atoms with E-state index in [-0.39, 0.29) is 23.7 Å². The molecule has 1 aromatic carbocycles. The number of hydrogen-bond acceptors (Lipinski definition) is 3. The van der Waals surface area contributed by atoms with Crippen LogP contribution in [0, 0.1) is 5.82 Å². The molecule has 0 bridgehead atoms. The Labute approximate surface area is 119 Å². The van der Waals surface area contributed by atoms with Crippen molar-refractivity contribution in [1.29, 1.82) is 0 Å². The molecule has 1 aliphatic heterocycles. The van der Waals surface area contributed by atoms with Crippen molar-refractivity contribution >= 4 is 23.5 Å². The van der Waals surface area contributed by atoms with Gasteiger partial charge >= 0.3 is 5.97 Å². The molecule has 0 aliphatic carbocycles. The van der Waals surface area contributed by atoms with Gasteiger partial charge in [0.15, 0.2) is 5.82 Å². The van der Waals surface area contributed by atoms with E-state index in [1.165, 1.54) is 23.1 Å². The normalized spacial score (nSPS) is 16.6. The van der Waals surface area contributed by atoms with Crippen LogP contribution >= 0.6 is 11.6 Å². The van der Waals surface area contributed by atoms with Crippen LogP contribution < -0.4 is 0 Å². The Hall–Kier alpha value is -1.66. The van der Waals surface area contributed by atoms with Gasteiger partial charge in [0.25, 0.3) is 5.91 Å². The lowest BCUT2D eigenvalue weighted by molar-refractivity contribution is -0.159. The van der Waals surface area contributed by atoms with Gasteiger partial charge in [0, 0.05) is 0 Å². The minimum absolute atomic E-state index is 0.0993. The van der Waals surface area contributed by atoms with Gasteiger partial charge in [0.2, 0.25) is 0 Å². The summed E-state index contributed by atoms with van der Waals surface area (Å²) in [5.74, 6) is -2.31. The minimum atomic E-state index is -1.07. The van der Waals surface area contributed by atoms with Gasteiger partial charge in [-0.1, -0.05) is 17.7 Å². The van der Waals surface area contributed by atoms with Crippen molar-refractivity contribution < 1.29 is 23.8 Å². The van der Waals surface area contributed by atoms with E-state index in [2.05, 4.69) is 0 Å². The van der Waals surface area contributed by atoms with Crippen molar-refractivity contribution in [2.75, 3.05) is 19.7 Å². The Bertz CT molecular complexity index is 557. The second kappa shape index (κ2) is 5.38. The molecular formula is C13H13ClFNO4. The van der Waals surface area contributed by atoms with Gasteiger partial charge in [0.05, 0.1) is 23.7 Å². The molecule has 0 radical (unpaired) electrons. The number of carbonyl (C=O) groups is 2. The van der Waals surface area contributed by atoms with Crippen LogP contribution in [0.1, 0.15) is 17.3 Å². The minimum Gasteiger partial charge on any atom is -0.480 e. The highest BCUT2D eigenvalue weighted by molar-refractivity contribution is 6.31. The van der Waals surface area contributed by atoms with Gasteiger partial charge in [0.1, 0.15) is 12.2 Å². The zero-order valence-electron chi connectivity index (χ0n) is 10.7. The highest BCUT2D eigenvalue weighted by Crippen LogP contribution is 2.28. The Balaban J connectivity index is 2.00. The Morgan fingerprint density at radius 2 is 2.15 bits per heavy atom. The molecule has 20 heavy (non-hydrogen) atoms. The molecule has 7 heteroatoms. The van der Waals surface area contributed by atoms with Crippen LogP contribution in [0.2, 0.25) is 5.02 Å². The molecule has 1 amide bonds. The van der Waals surface area contributed by atoms with E-state index in [4.69, 9.17) is 21.4 Å². The maximum Gasteiger partial charge on any atom is 0.329 e. The summed E-state index contributed by atoms with van der Waals surface area (Å²) < 4.78 is 18.9. The number of carbonyl (C=O) groups excluding carboxylic acids is 1. The van der Waals surface area contributed by atoms with Crippen LogP contribution in [-0.2, 0) is 9.53 Å².